The molecule has 36 heavy (non-hydrogen) atoms. The largest absolute Gasteiger partial charge is 0.478 e. The van der Waals surface area contributed by atoms with Gasteiger partial charge in [-0.1, -0.05) is 54.1 Å². The summed E-state index contributed by atoms with van der Waals surface area (Å²) >= 11 is 6.41. The number of carbonyl (C=O) groups is 2. The molecule has 0 atom stereocenters. The minimum absolute atomic E-state index is 0.161. The SMILES string of the molecule is Cc1cccc(Cl)c1C(=O)n1nc(-c2ccc(C(=O)O)cc2)c2ccc(-c3ccc(C#N)cc3)cc21. The zero-order valence-electron chi connectivity index (χ0n) is 19.1. The van der Waals surface area contributed by atoms with E-state index in [1.54, 1.807) is 36.4 Å². The maximum atomic E-state index is 13.7. The standard InChI is InChI=1S/C29H18ClN3O3/c1-17-3-2-4-24(30)26(17)28(34)33-25-15-22(19-7-5-18(16-31)6-8-19)13-14-23(25)27(32-33)20-9-11-21(12-10-20)29(35)36/h2-15H,1H3,(H,35,36). The van der Waals surface area contributed by atoms with Gasteiger partial charge in [0.15, 0.2) is 0 Å². The van der Waals surface area contributed by atoms with Crippen LogP contribution in [-0.2, 0) is 0 Å². The molecule has 6 nitrogen and oxygen atoms in total. The predicted molar refractivity (Wildman–Crippen MR) is 138 cm³/mol. The molecular formula is C29H18ClN3O3. The minimum Gasteiger partial charge on any atom is -0.478 e. The van der Waals surface area contributed by atoms with Crippen LogP contribution in [0.5, 0.6) is 0 Å². The minimum atomic E-state index is -1.02. The van der Waals surface area contributed by atoms with E-state index in [0.717, 1.165) is 22.1 Å². The normalized spacial score (nSPS) is 10.8. The van der Waals surface area contributed by atoms with Crippen molar-refractivity contribution < 1.29 is 14.7 Å². The van der Waals surface area contributed by atoms with Crippen LogP contribution >= 0.6 is 11.6 Å². The summed E-state index contributed by atoms with van der Waals surface area (Å²) in [6, 6.07) is 26.6. The maximum absolute atomic E-state index is 13.7. The van der Waals surface area contributed by atoms with E-state index < -0.39 is 5.97 Å². The molecule has 174 valence electrons. The predicted octanol–water partition coefficient (Wildman–Crippen LogP) is 6.59. The number of hydrogen-bond acceptors (Lipinski definition) is 4. The van der Waals surface area contributed by atoms with Gasteiger partial charge in [0.05, 0.1) is 33.3 Å². The summed E-state index contributed by atoms with van der Waals surface area (Å²) in [6.07, 6.45) is 0. The first kappa shape index (κ1) is 23.0. The number of nitrogens with zero attached hydrogens (tertiary/aromatic N) is 3. The van der Waals surface area contributed by atoms with Crippen LogP contribution in [0.4, 0.5) is 0 Å². The van der Waals surface area contributed by atoms with Crippen LogP contribution in [0.3, 0.4) is 0 Å². The fourth-order valence-corrected chi connectivity index (χ4v) is 4.48. The molecular weight excluding hydrogens is 474 g/mol. The number of benzene rings is 4. The van der Waals surface area contributed by atoms with Crippen LogP contribution in [0.2, 0.25) is 5.02 Å². The Morgan fingerprint density at radius 3 is 2.22 bits per heavy atom. The molecule has 0 aliphatic rings. The third-order valence-electron chi connectivity index (χ3n) is 6.06. The summed E-state index contributed by atoms with van der Waals surface area (Å²) in [4.78, 5) is 25.0. The Morgan fingerprint density at radius 1 is 0.917 bits per heavy atom. The van der Waals surface area contributed by atoms with Crippen molar-refractivity contribution >= 4 is 34.4 Å². The number of carboxylic acids is 1. The van der Waals surface area contributed by atoms with Crippen LogP contribution in [0.25, 0.3) is 33.3 Å². The summed E-state index contributed by atoms with van der Waals surface area (Å²) < 4.78 is 1.34. The molecule has 1 heterocycles. The van der Waals surface area contributed by atoms with Gasteiger partial charge < -0.3 is 5.11 Å². The van der Waals surface area contributed by atoms with E-state index in [1.165, 1.54) is 16.8 Å². The maximum Gasteiger partial charge on any atom is 0.335 e. The quantitative estimate of drug-likeness (QED) is 0.306. The number of aromatic carboxylic acids is 1. The van der Waals surface area contributed by atoms with Crippen molar-refractivity contribution in [3.63, 3.8) is 0 Å². The van der Waals surface area contributed by atoms with Crippen LogP contribution in [0.15, 0.2) is 84.9 Å². The number of aromatic nitrogens is 2. The van der Waals surface area contributed by atoms with Gasteiger partial charge in [0.2, 0.25) is 0 Å². The number of halogens is 1. The highest BCUT2D eigenvalue weighted by atomic mass is 35.5. The lowest BCUT2D eigenvalue weighted by molar-refractivity contribution is 0.0696. The van der Waals surface area contributed by atoms with Gasteiger partial charge in [-0.05, 0) is 66.1 Å². The van der Waals surface area contributed by atoms with Crippen molar-refractivity contribution in [2.75, 3.05) is 0 Å². The molecule has 0 unspecified atom stereocenters. The Kier molecular flexibility index (Phi) is 5.85. The first-order valence-corrected chi connectivity index (χ1v) is 11.4. The number of aryl methyl sites for hydroxylation is 1. The number of carbonyl (C=O) groups excluding carboxylic acids is 1. The second-order valence-corrected chi connectivity index (χ2v) is 8.71. The van der Waals surface area contributed by atoms with Crippen molar-refractivity contribution in [3.8, 4) is 28.5 Å². The summed E-state index contributed by atoms with van der Waals surface area (Å²) in [5.41, 5.74) is 5.35. The molecule has 0 aliphatic heterocycles. The monoisotopic (exact) mass is 491 g/mol. The van der Waals surface area contributed by atoms with Gasteiger partial charge in [-0.2, -0.15) is 15.0 Å². The smallest absolute Gasteiger partial charge is 0.335 e. The summed E-state index contributed by atoms with van der Waals surface area (Å²) in [6.45, 7) is 1.82. The van der Waals surface area contributed by atoms with Gasteiger partial charge in [-0.3, -0.25) is 4.79 Å². The Labute approximate surface area is 211 Å². The molecule has 0 spiro atoms. The van der Waals surface area contributed by atoms with Gasteiger partial charge in [0.1, 0.15) is 5.69 Å². The van der Waals surface area contributed by atoms with Crippen molar-refractivity contribution in [2.45, 2.75) is 6.92 Å². The summed E-state index contributed by atoms with van der Waals surface area (Å²) in [5, 5.41) is 24.1. The average Bonchev–Trinajstić information content (AvgIpc) is 3.27. The van der Waals surface area contributed by atoms with Crippen molar-refractivity contribution in [1.29, 1.82) is 5.26 Å². The lowest BCUT2D eigenvalue weighted by atomic mass is 10.0. The highest BCUT2D eigenvalue weighted by Crippen LogP contribution is 2.33. The molecule has 4 aromatic carbocycles. The van der Waals surface area contributed by atoms with Crippen LogP contribution in [-0.4, -0.2) is 26.8 Å². The second kappa shape index (κ2) is 9.14. The van der Waals surface area contributed by atoms with Gasteiger partial charge >= 0.3 is 5.97 Å². The fourth-order valence-electron chi connectivity index (χ4n) is 4.18. The van der Waals surface area contributed by atoms with E-state index in [4.69, 9.17) is 16.9 Å². The topological polar surface area (TPSA) is 96.0 Å². The molecule has 0 saturated heterocycles. The van der Waals surface area contributed by atoms with E-state index in [9.17, 15) is 14.7 Å². The molecule has 1 N–H and O–H groups in total. The number of nitriles is 1. The van der Waals surface area contributed by atoms with Gasteiger partial charge in [-0.25, -0.2) is 4.79 Å². The summed E-state index contributed by atoms with van der Waals surface area (Å²) in [7, 11) is 0. The molecule has 5 aromatic rings. The highest BCUT2D eigenvalue weighted by molar-refractivity contribution is 6.34. The van der Waals surface area contributed by atoms with E-state index in [2.05, 4.69) is 11.2 Å². The lowest BCUT2D eigenvalue weighted by Crippen LogP contribution is -2.15. The zero-order valence-corrected chi connectivity index (χ0v) is 19.8. The third-order valence-corrected chi connectivity index (χ3v) is 6.38. The zero-order chi connectivity index (χ0) is 25.4. The van der Waals surface area contributed by atoms with E-state index in [1.807, 2.05) is 43.3 Å². The molecule has 7 heteroatoms. The van der Waals surface area contributed by atoms with Crippen molar-refractivity contribution in [1.82, 2.24) is 9.78 Å². The molecule has 1 aromatic heterocycles. The highest BCUT2D eigenvalue weighted by Gasteiger charge is 2.22. The molecule has 5 rings (SSSR count). The number of fused-ring (bicyclic) bond motifs is 1. The molecule has 0 fully saturated rings. The first-order chi connectivity index (χ1) is 17.4. The Bertz CT molecular complexity index is 1680. The van der Waals surface area contributed by atoms with E-state index in [-0.39, 0.29) is 11.5 Å². The van der Waals surface area contributed by atoms with Gasteiger partial charge in [0.25, 0.3) is 5.91 Å². The van der Waals surface area contributed by atoms with Crippen LogP contribution < -0.4 is 0 Å². The Morgan fingerprint density at radius 2 is 1.58 bits per heavy atom. The molecule has 0 amide bonds. The molecule has 0 radical (unpaired) electrons. The van der Waals surface area contributed by atoms with Crippen molar-refractivity contribution in [3.05, 3.63) is 112 Å². The Balaban J connectivity index is 1.72. The van der Waals surface area contributed by atoms with Crippen LogP contribution in [0, 0.1) is 18.3 Å². The fraction of sp³-hybridized carbons (Fsp3) is 0.0345. The van der Waals surface area contributed by atoms with Gasteiger partial charge in [0, 0.05) is 10.9 Å². The second-order valence-electron chi connectivity index (χ2n) is 8.30. The Hall–Kier alpha value is -4.73. The first-order valence-electron chi connectivity index (χ1n) is 11.0. The molecule has 0 bridgehead atoms. The molecule has 0 saturated carbocycles. The molecule has 0 aliphatic carbocycles. The van der Waals surface area contributed by atoms with E-state index in [0.29, 0.717) is 32.9 Å². The lowest BCUT2D eigenvalue weighted by Gasteiger charge is -2.09. The third kappa shape index (κ3) is 4.02. The van der Waals surface area contributed by atoms with Gasteiger partial charge in [-0.15, -0.1) is 0 Å². The van der Waals surface area contributed by atoms with Crippen LogP contribution in [0.1, 0.15) is 31.8 Å². The van der Waals surface area contributed by atoms with Crippen molar-refractivity contribution in [2.24, 2.45) is 0 Å². The summed E-state index contributed by atoms with van der Waals surface area (Å²) in [5.74, 6) is -1.39. The average molecular weight is 492 g/mol. The van der Waals surface area contributed by atoms with E-state index >= 15 is 0 Å². The number of hydrogen-bond donors (Lipinski definition) is 1. The number of carboxylic acid groups (broad SMARTS) is 1. The number of rotatable bonds is 4.